The summed E-state index contributed by atoms with van der Waals surface area (Å²) in [5.74, 6) is -0.499. The Kier molecular flexibility index (Phi) is 6.85. The lowest BCUT2D eigenvalue weighted by atomic mass is 10.1. The monoisotopic (exact) mass is 489 g/mol. The van der Waals surface area contributed by atoms with E-state index in [1.165, 1.54) is 44.4 Å². The highest BCUT2D eigenvalue weighted by Gasteiger charge is 2.21. The number of methoxy groups -OCH3 is 1. The third kappa shape index (κ3) is 5.22. The summed E-state index contributed by atoms with van der Waals surface area (Å²) in [6, 6.07) is 8.84. The molecule has 0 saturated heterocycles. The summed E-state index contributed by atoms with van der Waals surface area (Å²) in [7, 11) is -2.20. The SMILES string of the molecule is CCS(=O)(=O)c1nnc(NC(=O)C(C#N)=Cc2ccc(-c3ccc(OC)cc3[N+](=O)[O-])o2)s1. The summed E-state index contributed by atoms with van der Waals surface area (Å²) in [4.78, 5) is 23.2. The number of nitrogens with zero attached hydrogens (tertiary/aromatic N) is 4. The molecule has 170 valence electrons. The minimum absolute atomic E-state index is 0.0910. The van der Waals surface area contributed by atoms with E-state index in [0.717, 1.165) is 6.08 Å². The Hall–Kier alpha value is -4.09. The van der Waals surface area contributed by atoms with Gasteiger partial charge in [-0.2, -0.15) is 5.26 Å². The zero-order valence-corrected chi connectivity index (χ0v) is 18.8. The number of hydrogen-bond donors (Lipinski definition) is 1. The molecule has 2 aromatic heterocycles. The third-order valence-electron chi connectivity index (χ3n) is 4.22. The van der Waals surface area contributed by atoms with Crippen LogP contribution in [-0.4, -0.2) is 42.3 Å². The largest absolute Gasteiger partial charge is 0.497 e. The number of hydrogen-bond acceptors (Lipinski definition) is 11. The van der Waals surface area contributed by atoms with E-state index in [9.17, 15) is 28.6 Å². The number of ether oxygens (including phenoxy) is 1. The average molecular weight is 489 g/mol. The van der Waals surface area contributed by atoms with Crippen molar-refractivity contribution in [3.05, 3.63) is 51.8 Å². The number of nitriles is 1. The van der Waals surface area contributed by atoms with Crippen LogP contribution >= 0.6 is 11.3 Å². The van der Waals surface area contributed by atoms with Gasteiger partial charge in [0, 0.05) is 6.08 Å². The van der Waals surface area contributed by atoms with E-state index in [1.54, 1.807) is 6.07 Å². The van der Waals surface area contributed by atoms with Gasteiger partial charge in [-0.15, -0.1) is 10.2 Å². The number of benzene rings is 1. The second kappa shape index (κ2) is 9.59. The number of sulfone groups is 1. The Morgan fingerprint density at radius 2 is 2.12 bits per heavy atom. The van der Waals surface area contributed by atoms with Crippen LogP contribution in [0.2, 0.25) is 0 Å². The Bertz CT molecular complexity index is 1400. The maximum Gasteiger partial charge on any atom is 0.284 e. The molecule has 0 fully saturated rings. The lowest BCUT2D eigenvalue weighted by Gasteiger charge is -2.03. The van der Waals surface area contributed by atoms with Crippen LogP contribution in [-0.2, 0) is 14.6 Å². The minimum atomic E-state index is -3.58. The summed E-state index contributed by atoms with van der Waals surface area (Å²) in [6.07, 6.45) is 1.14. The Labute approximate surface area is 191 Å². The van der Waals surface area contributed by atoms with E-state index in [2.05, 4.69) is 15.5 Å². The molecule has 0 atom stereocenters. The van der Waals surface area contributed by atoms with Crippen molar-refractivity contribution in [2.45, 2.75) is 11.3 Å². The molecule has 2 heterocycles. The van der Waals surface area contributed by atoms with Crippen LogP contribution in [0.5, 0.6) is 5.75 Å². The number of aromatic nitrogens is 2. The van der Waals surface area contributed by atoms with Crippen molar-refractivity contribution in [1.29, 1.82) is 5.26 Å². The van der Waals surface area contributed by atoms with Gasteiger partial charge in [0.1, 0.15) is 28.9 Å². The number of carbonyl (C=O) groups is 1. The number of anilines is 1. The molecule has 0 aliphatic heterocycles. The van der Waals surface area contributed by atoms with Crippen LogP contribution in [0.15, 0.2) is 44.7 Å². The lowest BCUT2D eigenvalue weighted by Crippen LogP contribution is -2.13. The van der Waals surface area contributed by atoms with Gasteiger partial charge in [-0.1, -0.05) is 18.3 Å². The van der Waals surface area contributed by atoms with Crippen molar-refractivity contribution < 1.29 is 27.3 Å². The first-order chi connectivity index (χ1) is 15.7. The van der Waals surface area contributed by atoms with Gasteiger partial charge in [-0.05, 0) is 24.3 Å². The smallest absolute Gasteiger partial charge is 0.284 e. The molecule has 0 aliphatic carbocycles. The fraction of sp³-hybridized carbons (Fsp3) is 0.158. The Morgan fingerprint density at radius 3 is 2.76 bits per heavy atom. The third-order valence-corrected chi connectivity index (χ3v) is 7.24. The molecule has 0 saturated carbocycles. The number of furan rings is 1. The Morgan fingerprint density at radius 1 is 1.36 bits per heavy atom. The first kappa shape index (κ1) is 23.6. The van der Waals surface area contributed by atoms with E-state index in [-0.39, 0.29) is 43.6 Å². The number of nitrogens with one attached hydrogen (secondary N) is 1. The highest BCUT2D eigenvalue weighted by atomic mass is 32.2. The van der Waals surface area contributed by atoms with E-state index >= 15 is 0 Å². The molecule has 0 radical (unpaired) electrons. The molecule has 33 heavy (non-hydrogen) atoms. The van der Waals surface area contributed by atoms with Crippen LogP contribution in [0, 0.1) is 21.4 Å². The maximum atomic E-state index is 12.4. The van der Waals surface area contributed by atoms with Crippen molar-refractivity contribution in [3.63, 3.8) is 0 Å². The summed E-state index contributed by atoms with van der Waals surface area (Å²) in [5, 5.41) is 30.1. The average Bonchev–Trinajstić information content (AvgIpc) is 3.47. The van der Waals surface area contributed by atoms with E-state index in [0.29, 0.717) is 17.1 Å². The zero-order chi connectivity index (χ0) is 24.2. The van der Waals surface area contributed by atoms with Gasteiger partial charge in [-0.25, -0.2) is 8.42 Å². The van der Waals surface area contributed by atoms with E-state index in [4.69, 9.17) is 9.15 Å². The molecule has 1 amide bonds. The van der Waals surface area contributed by atoms with Crippen molar-refractivity contribution in [3.8, 4) is 23.1 Å². The molecule has 0 aliphatic rings. The fourth-order valence-electron chi connectivity index (χ4n) is 2.54. The Balaban J connectivity index is 1.84. The van der Waals surface area contributed by atoms with Crippen LogP contribution in [0.1, 0.15) is 12.7 Å². The number of carbonyl (C=O) groups excluding carboxylic acids is 1. The van der Waals surface area contributed by atoms with Crippen LogP contribution in [0.4, 0.5) is 10.8 Å². The first-order valence-electron chi connectivity index (χ1n) is 9.10. The van der Waals surface area contributed by atoms with Gasteiger partial charge >= 0.3 is 0 Å². The summed E-state index contributed by atoms with van der Waals surface area (Å²) in [6.45, 7) is 1.45. The first-order valence-corrected chi connectivity index (χ1v) is 11.6. The van der Waals surface area contributed by atoms with E-state index in [1.807, 2.05) is 0 Å². The molecule has 3 rings (SSSR count). The van der Waals surface area contributed by atoms with Crippen molar-refractivity contribution in [1.82, 2.24) is 10.2 Å². The molecule has 14 heteroatoms. The topological polar surface area (TPSA) is 178 Å². The molecule has 0 bridgehead atoms. The number of amides is 1. The van der Waals surface area contributed by atoms with Crippen molar-refractivity contribution in [2.24, 2.45) is 0 Å². The predicted molar refractivity (Wildman–Crippen MR) is 117 cm³/mol. The van der Waals surface area contributed by atoms with Gasteiger partial charge in [0.2, 0.25) is 19.3 Å². The maximum absolute atomic E-state index is 12.4. The van der Waals surface area contributed by atoms with Crippen LogP contribution in [0.25, 0.3) is 17.4 Å². The highest BCUT2D eigenvalue weighted by molar-refractivity contribution is 7.93. The molecule has 1 N–H and O–H groups in total. The quantitative estimate of drug-likeness (QED) is 0.162. The van der Waals surface area contributed by atoms with Gasteiger partial charge in [0.25, 0.3) is 11.6 Å². The molecule has 1 aromatic carbocycles. The molecular weight excluding hydrogens is 474 g/mol. The molecular formula is C19H15N5O7S2. The minimum Gasteiger partial charge on any atom is -0.497 e. The van der Waals surface area contributed by atoms with Gasteiger partial charge in [0.05, 0.1) is 29.4 Å². The number of nitro benzene ring substituents is 1. The molecule has 12 nitrogen and oxygen atoms in total. The molecule has 0 unspecified atom stereocenters. The van der Waals surface area contributed by atoms with Gasteiger partial charge in [0.15, 0.2) is 0 Å². The number of nitro groups is 1. The fourth-order valence-corrected chi connectivity index (χ4v) is 4.52. The second-order valence-electron chi connectivity index (χ2n) is 6.24. The van der Waals surface area contributed by atoms with Gasteiger partial charge < -0.3 is 9.15 Å². The lowest BCUT2D eigenvalue weighted by molar-refractivity contribution is -0.384. The number of rotatable bonds is 8. The second-order valence-corrected chi connectivity index (χ2v) is 9.67. The van der Waals surface area contributed by atoms with Crippen LogP contribution < -0.4 is 10.1 Å². The summed E-state index contributed by atoms with van der Waals surface area (Å²) >= 11 is 0.659. The van der Waals surface area contributed by atoms with Gasteiger partial charge in [-0.3, -0.25) is 20.2 Å². The van der Waals surface area contributed by atoms with Crippen molar-refractivity contribution in [2.75, 3.05) is 18.2 Å². The van der Waals surface area contributed by atoms with Crippen molar-refractivity contribution >= 4 is 44.0 Å². The summed E-state index contributed by atoms with van der Waals surface area (Å²) < 4.78 is 34.0. The zero-order valence-electron chi connectivity index (χ0n) is 17.1. The summed E-state index contributed by atoms with van der Waals surface area (Å²) in [5.41, 5.74) is -0.427. The molecule has 0 spiro atoms. The standard InChI is InChI=1S/C19H15N5O7S2/c1-3-33(28,29)19-23-22-18(32-19)21-17(25)11(10-20)8-13-5-7-16(31-13)14-6-4-12(30-2)9-15(14)24(26)27/h4-9H,3H2,1-2H3,(H,21,22,25). The molecule has 3 aromatic rings. The highest BCUT2D eigenvalue weighted by Crippen LogP contribution is 2.34. The van der Waals surface area contributed by atoms with E-state index < -0.39 is 20.7 Å². The van der Waals surface area contributed by atoms with Crippen LogP contribution in [0.3, 0.4) is 0 Å². The predicted octanol–water partition coefficient (Wildman–Crippen LogP) is 3.05. The normalized spacial score (nSPS) is 11.6.